The van der Waals surface area contributed by atoms with Crippen LogP contribution >= 0.6 is 15.9 Å². The van der Waals surface area contributed by atoms with Crippen LogP contribution in [-0.4, -0.2) is 6.04 Å². The summed E-state index contributed by atoms with van der Waals surface area (Å²) in [5, 5.41) is 3.72. The lowest BCUT2D eigenvalue weighted by Crippen LogP contribution is -2.50. The van der Waals surface area contributed by atoms with Crippen molar-refractivity contribution in [1.82, 2.24) is 5.32 Å². The molecule has 1 aromatic rings. The lowest BCUT2D eigenvalue weighted by Gasteiger charge is -2.45. The molecule has 0 aliphatic heterocycles. The first kappa shape index (κ1) is 11.2. The van der Waals surface area contributed by atoms with Gasteiger partial charge in [-0.25, -0.2) is 0 Å². The number of benzene rings is 1. The smallest absolute Gasteiger partial charge is 0.0436 e. The fourth-order valence-corrected chi connectivity index (χ4v) is 2.78. The van der Waals surface area contributed by atoms with Crippen LogP contribution in [0.15, 0.2) is 28.7 Å². The molecule has 0 radical (unpaired) electrons. The van der Waals surface area contributed by atoms with Gasteiger partial charge in [0.15, 0.2) is 0 Å². The molecule has 0 aromatic heterocycles. The van der Waals surface area contributed by atoms with Crippen molar-refractivity contribution in [1.29, 1.82) is 0 Å². The molecule has 82 valence electrons. The van der Waals surface area contributed by atoms with Crippen molar-refractivity contribution in [2.75, 3.05) is 0 Å². The SMILES string of the molecule is CC(C)NC1(c2cccc(Br)c2)CCC1. The molecule has 1 saturated carbocycles. The highest BCUT2D eigenvalue weighted by Gasteiger charge is 2.38. The molecule has 0 unspecified atom stereocenters. The van der Waals surface area contributed by atoms with Crippen LogP contribution in [-0.2, 0) is 5.54 Å². The summed E-state index contributed by atoms with van der Waals surface area (Å²) >= 11 is 3.55. The van der Waals surface area contributed by atoms with Gasteiger partial charge in [-0.15, -0.1) is 0 Å². The van der Waals surface area contributed by atoms with Gasteiger partial charge < -0.3 is 5.32 Å². The van der Waals surface area contributed by atoms with Gasteiger partial charge in [-0.3, -0.25) is 0 Å². The second kappa shape index (κ2) is 4.26. The number of nitrogens with one attached hydrogen (secondary N) is 1. The van der Waals surface area contributed by atoms with Crippen molar-refractivity contribution in [3.8, 4) is 0 Å². The summed E-state index contributed by atoms with van der Waals surface area (Å²) < 4.78 is 1.18. The molecular weight excluding hydrogens is 250 g/mol. The monoisotopic (exact) mass is 267 g/mol. The Morgan fingerprint density at radius 1 is 1.33 bits per heavy atom. The van der Waals surface area contributed by atoms with E-state index < -0.39 is 0 Å². The first-order chi connectivity index (χ1) is 7.12. The molecular formula is C13H18BrN. The van der Waals surface area contributed by atoms with Crippen LogP contribution in [0.1, 0.15) is 38.7 Å². The van der Waals surface area contributed by atoms with Crippen molar-refractivity contribution in [2.45, 2.75) is 44.7 Å². The van der Waals surface area contributed by atoms with E-state index in [0.717, 1.165) is 0 Å². The molecule has 1 aliphatic carbocycles. The molecule has 15 heavy (non-hydrogen) atoms. The third-order valence-corrected chi connectivity index (χ3v) is 3.64. The van der Waals surface area contributed by atoms with E-state index in [1.807, 2.05) is 0 Å². The molecule has 0 bridgehead atoms. The first-order valence-electron chi connectivity index (χ1n) is 5.66. The van der Waals surface area contributed by atoms with E-state index in [2.05, 4.69) is 59.4 Å². The minimum atomic E-state index is 0.248. The number of rotatable bonds is 3. The van der Waals surface area contributed by atoms with E-state index in [-0.39, 0.29) is 5.54 Å². The summed E-state index contributed by atoms with van der Waals surface area (Å²) in [5.74, 6) is 0. The van der Waals surface area contributed by atoms with Crippen molar-refractivity contribution < 1.29 is 0 Å². The van der Waals surface area contributed by atoms with Gasteiger partial charge in [0, 0.05) is 16.1 Å². The minimum absolute atomic E-state index is 0.248. The predicted octanol–water partition coefficient (Wildman–Crippen LogP) is 3.83. The molecule has 0 amide bonds. The molecule has 0 saturated heterocycles. The average molecular weight is 268 g/mol. The quantitative estimate of drug-likeness (QED) is 0.878. The summed E-state index contributed by atoms with van der Waals surface area (Å²) in [4.78, 5) is 0. The lowest BCUT2D eigenvalue weighted by molar-refractivity contribution is 0.171. The highest BCUT2D eigenvalue weighted by atomic mass is 79.9. The van der Waals surface area contributed by atoms with Gasteiger partial charge in [0.1, 0.15) is 0 Å². The van der Waals surface area contributed by atoms with E-state index >= 15 is 0 Å². The van der Waals surface area contributed by atoms with E-state index in [1.54, 1.807) is 0 Å². The molecule has 1 nitrogen and oxygen atoms in total. The fraction of sp³-hybridized carbons (Fsp3) is 0.538. The highest BCUT2D eigenvalue weighted by molar-refractivity contribution is 9.10. The second-order valence-electron chi connectivity index (χ2n) is 4.75. The van der Waals surface area contributed by atoms with E-state index in [1.165, 1.54) is 29.3 Å². The Morgan fingerprint density at radius 2 is 2.07 bits per heavy atom. The molecule has 0 atom stereocenters. The fourth-order valence-electron chi connectivity index (χ4n) is 2.39. The molecule has 0 spiro atoms. The molecule has 1 aliphatic rings. The van der Waals surface area contributed by atoms with Gasteiger partial charge in [-0.05, 0) is 37.0 Å². The molecule has 0 heterocycles. The van der Waals surface area contributed by atoms with E-state index in [0.29, 0.717) is 6.04 Å². The van der Waals surface area contributed by atoms with Crippen LogP contribution in [0.25, 0.3) is 0 Å². The van der Waals surface area contributed by atoms with Crippen molar-refractivity contribution >= 4 is 15.9 Å². The topological polar surface area (TPSA) is 12.0 Å². The van der Waals surface area contributed by atoms with Crippen LogP contribution in [0.5, 0.6) is 0 Å². The zero-order chi connectivity index (χ0) is 10.9. The highest BCUT2D eigenvalue weighted by Crippen LogP contribution is 2.42. The summed E-state index contributed by atoms with van der Waals surface area (Å²) in [5.41, 5.74) is 1.68. The molecule has 2 heteroatoms. The Labute approximate surface area is 100 Å². The standard InChI is InChI=1S/C13H18BrN/c1-10(2)15-13(7-4-8-13)11-5-3-6-12(14)9-11/h3,5-6,9-10,15H,4,7-8H2,1-2H3. The van der Waals surface area contributed by atoms with Gasteiger partial charge in [0.2, 0.25) is 0 Å². The van der Waals surface area contributed by atoms with Crippen molar-refractivity contribution in [3.05, 3.63) is 34.3 Å². The average Bonchev–Trinajstić information content (AvgIpc) is 2.11. The predicted molar refractivity (Wildman–Crippen MR) is 67.9 cm³/mol. The second-order valence-corrected chi connectivity index (χ2v) is 5.66. The largest absolute Gasteiger partial charge is 0.305 e. The molecule has 1 fully saturated rings. The van der Waals surface area contributed by atoms with Crippen LogP contribution in [0.2, 0.25) is 0 Å². The van der Waals surface area contributed by atoms with Crippen LogP contribution in [0.3, 0.4) is 0 Å². The molecule has 2 rings (SSSR count). The third kappa shape index (κ3) is 2.26. The zero-order valence-electron chi connectivity index (χ0n) is 9.39. The van der Waals surface area contributed by atoms with Gasteiger partial charge in [0.25, 0.3) is 0 Å². The number of hydrogen-bond donors (Lipinski definition) is 1. The van der Waals surface area contributed by atoms with Crippen molar-refractivity contribution in [2.24, 2.45) is 0 Å². The van der Waals surface area contributed by atoms with Crippen LogP contribution < -0.4 is 5.32 Å². The summed E-state index contributed by atoms with van der Waals surface area (Å²) in [6.45, 7) is 4.44. The van der Waals surface area contributed by atoms with Gasteiger partial charge in [0.05, 0.1) is 0 Å². The Morgan fingerprint density at radius 3 is 2.53 bits per heavy atom. The summed E-state index contributed by atoms with van der Waals surface area (Å²) in [6, 6.07) is 9.24. The summed E-state index contributed by atoms with van der Waals surface area (Å²) in [6.07, 6.45) is 3.87. The van der Waals surface area contributed by atoms with Crippen molar-refractivity contribution in [3.63, 3.8) is 0 Å². The maximum atomic E-state index is 3.72. The first-order valence-corrected chi connectivity index (χ1v) is 6.45. The third-order valence-electron chi connectivity index (χ3n) is 3.15. The lowest BCUT2D eigenvalue weighted by atomic mass is 9.71. The van der Waals surface area contributed by atoms with Gasteiger partial charge in [-0.2, -0.15) is 0 Å². The Balaban J connectivity index is 2.26. The molecule has 1 N–H and O–H groups in total. The number of hydrogen-bond acceptors (Lipinski definition) is 1. The van der Waals surface area contributed by atoms with Gasteiger partial charge >= 0.3 is 0 Å². The number of halogens is 1. The normalized spacial score (nSPS) is 18.9. The minimum Gasteiger partial charge on any atom is -0.305 e. The Hall–Kier alpha value is -0.340. The Bertz CT molecular complexity index is 342. The van der Waals surface area contributed by atoms with E-state index in [9.17, 15) is 0 Å². The maximum absolute atomic E-state index is 3.72. The Kier molecular flexibility index (Phi) is 3.17. The van der Waals surface area contributed by atoms with Crippen LogP contribution in [0.4, 0.5) is 0 Å². The molecule has 1 aromatic carbocycles. The zero-order valence-corrected chi connectivity index (χ0v) is 11.0. The van der Waals surface area contributed by atoms with E-state index in [4.69, 9.17) is 0 Å². The van der Waals surface area contributed by atoms with Crippen LogP contribution in [0, 0.1) is 0 Å². The maximum Gasteiger partial charge on any atom is 0.0436 e. The summed E-state index contributed by atoms with van der Waals surface area (Å²) in [7, 11) is 0. The van der Waals surface area contributed by atoms with Gasteiger partial charge in [-0.1, -0.05) is 41.9 Å².